The van der Waals surface area contributed by atoms with E-state index in [1.807, 2.05) is 0 Å². The molecule has 0 aliphatic heterocycles. The lowest BCUT2D eigenvalue weighted by Crippen LogP contribution is -2.13. The summed E-state index contributed by atoms with van der Waals surface area (Å²) in [6.45, 7) is 2.16. The standard InChI is InChI=1S/C13H15NO3/c1-2-17-13(16)14-12-8-6-11(7-9-12)5-3-4-10-15/h6-9,15H,2,4,10H2,1H3,(H,14,16). The molecule has 1 amide bonds. The Kier molecular flexibility index (Phi) is 5.62. The highest BCUT2D eigenvalue weighted by molar-refractivity contribution is 5.84. The summed E-state index contributed by atoms with van der Waals surface area (Å²) in [5, 5.41) is 11.2. The Morgan fingerprint density at radius 1 is 1.41 bits per heavy atom. The highest BCUT2D eigenvalue weighted by Crippen LogP contribution is 2.09. The van der Waals surface area contributed by atoms with Crippen molar-refractivity contribution in [2.75, 3.05) is 18.5 Å². The number of carbonyl (C=O) groups is 1. The first kappa shape index (κ1) is 13.1. The summed E-state index contributed by atoms with van der Waals surface area (Å²) < 4.78 is 4.75. The second kappa shape index (κ2) is 7.31. The largest absolute Gasteiger partial charge is 0.450 e. The van der Waals surface area contributed by atoms with Gasteiger partial charge in [-0.1, -0.05) is 11.8 Å². The number of hydrogen-bond donors (Lipinski definition) is 2. The Morgan fingerprint density at radius 3 is 2.71 bits per heavy atom. The number of rotatable bonds is 3. The predicted molar refractivity (Wildman–Crippen MR) is 65.7 cm³/mol. The SMILES string of the molecule is CCOC(=O)Nc1ccc(C#CCCO)cc1. The molecule has 1 rings (SSSR count). The maximum absolute atomic E-state index is 11.1. The van der Waals surface area contributed by atoms with E-state index in [0.29, 0.717) is 18.7 Å². The van der Waals surface area contributed by atoms with Crippen molar-refractivity contribution >= 4 is 11.8 Å². The molecule has 0 unspecified atom stereocenters. The van der Waals surface area contributed by atoms with E-state index in [4.69, 9.17) is 9.84 Å². The van der Waals surface area contributed by atoms with E-state index in [9.17, 15) is 4.79 Å². The van der Waals surface area contributed by atoms with Gasteiger partial charge < -0.3 is 9.84 Å². The van der Waals surface area contributed by atoms with Gasteiger partial charge in [0.1, 0.15) is 0 Å². The van der Waals surface area contributed by atoms with Gasteiger partial charge in [0.15, 0.2) is 0 Å². The topological polar surface area (TPSA) is 58.6 Å². The number of carbonyl (C=O) groups excluding carboxylic acids is 1. The third-order valence-electron chi connectivity index (χ3n) is 1.88. The second-order valence-corrected chi connectivity index (χ2v) is 3.20. The molecule has 4 heteroatoms. The molecule has 1 aromatic carbocycles. The smallest absolute Gasteiger partial charge is 0.411 e. The monoisotopic (exact) mass is 233 g/mol. The van der Waals surface area contributed by atoms with Crippen molar-refractivity contribution in [3.8, 4) is 11.8 Å². The van der Waals surface area contributed by atoms with Crippen LogP contribution in [0.1, 0.15) is 18.9 Å². The molecule has 0 saturated carbocycles. The van der Waals surface area contributed by atoms with E-state index in [1.165, 1.54) is 0 Å². The zero-order valence-electron chi connectivity index (χ0n) is 9.69. The van der Waals surface area contributed by atoms with E-state index in [0.717, 1.165) is 5.56 Å². The summed E-state index contributed by atoms with van der Waals surface area (Å²) in [5.74, 6) is 5.72. The van der Waals surface area contributed by atoms with Crippen LogP contribution in [-0.4, -0.2) is 24.4 Å². The summed E-state index contributed by atoms with van der Waals surface area (Å²) in [5.41, 5.74) is 1.50. The van der Waals surface area contributed by atoms with Gasteiger partial charge in [-0.3, -0.25) is 5.32 Å². The number of aliphatic hydroxyl groups excluding tert-OH is 1. The lowest BCUT2D eigenvalue weighted by atomic mass is 10.2. The Labute approximate surface area is 101 Å². The molecule has 0 spiro atoms. The van der Waals surface area contributed by atoms with E-state index < -0.39 is 6.09 Å². The molecule has 0 aliphatic rings. The maximum Gasteiger partial charge on any atom is 0.411 e. The molecule has 0 bridgehead atoms. The predicted octanol–water partition coefficient (Wildman–Crippen LogP) is 1.99. The Bertz CT molecular complexity index is 415. The van der Waals surface area contributed by atoms with Crippen LogP contribution in [0, 0.1) is 11.8 Å². The molecule has 0 radical (unpaired) electrons. The van der Waals surface area contributed by atoms with Crippen LogP contribution >= 0.6 is 0 Å². The molecular weight excluding hydrogens is 218 g/mol. The van der Waals surface area contributed by atoms with Crippen molar-refractivity contribution in [1.82, 2.24) is 0 Å². The van der Waals surface area contributed by atoms with Gasteiger partial charge in [-0.25, -0.2) is 4.79 Å². The lowest BCUT2D eigenvalue weighted by Gasteiger charge is -2.04. The minimum Gasteiger partial charge on any atom is -0.450 e. The first-order valence-corrected chi connectivity index (χ1v) is 5.40. The van der Waals surface area contributed by atoms with Crippen molar-refractivity contribution in [2.24, 2.45) is 0 Å². The van der Waals surface area contributed by atoms with Gasteiger partial charge >= 0.3 is 6.09 Å². The highest BCUT2D eigenvalue weighted by Gasteiger charge is 2.00. The van der Waals surface area contributed by atoms with Gasteiger partial charge in [-0.05, 0) is 31.2 Å². The van der Waals surface area contributed by atoms with E-state index >= 15 is 0 Å². The van der Waals surface area contributed by atoms with E-state index in [1.54, 1.807) is 31.2 Å². The van der Waals surface area contributed by atoms with Gasteiger partial charge in [0.05, 0.1) is 13.2 Å². The number of hydrogen-bond acceptors (Lipinski definition) is 3. The van der Waals surface area contributed by atoms with Crippen LogP contribution in [0.3, 0.4) is 0 Å². The number of ether oxygens (including phenoxy) is 1. The van der Waals surface area contributed by atoms with Gasteiger partial charge in [0.2, 0.25) is 0 Å². The fourth-order valence-corrected chi connectivity index (χ4v) is 1.14. The number of amides is 1. The average Bonchev–Trinajstić information content (AvgIpc) is 2.32. The minimum atomic E-state index is -0.466. The van der Waals surface area contributed by atoms with Crippen molar-refractivity contribution in [2.45, 2.75) is 13.3 Å². The molecule has 17 heavy (non-hydrogen) atoms. The normalized spacial score (nSPS) is 9.06. The zero-order valence-corrected chi connectivity index (χ0v) is 9.69. The fourth-order valence-electron chi connectivity index (χ4n) is 1.14. The molecule has 0 saturated heterocycles. The number of anilines is 1. The summed E-state index contributed by atoms with van der Waals surface area (Å²) >= 11 is 0. The molecule has 90 valence electrons. The summed E-state index contributed by atoms with van der Waals surface area (Å²) in [7, 11) is 0. The molecule has 0 aromatic heterocycles. The van der Waals surface area contributed by atoms with Crippen LogP contribution in [0.25, 0.3) is 0 Å². The van der Waals surface area contributed by atoms with Gasteiger partial charge in [-0.15, -0.1) is 0 Å². The lowest BCUT2D eigenvalue weighted by molar-refractivity contribution is 0.168. The van der Waals surface area contributed by atoms with Crippen molar-refractivity contribution < 1.29 is 14.6 Å². The van der Waals surface area contributed by atoms with Gasteiger partial charge in [0, 0.05) is 17.7 Å². The first-order valence-electron chi connectivity index (χ1n) is 5.40. The van der Waals surface area contributed by atoms with E-state index in [2.05, 4.69) is 17.2 Å². The van der Waals surface area contributed by atoms with Crippen molar-refractivity contribution in [1.29, 1.82) is 0 Å². The minimum absolute atomic E-state index is 0.0650. The summed E-state index contributed by atoms with van der Waals surface area (Å²) in [6.07, 6.45) is -0.00496. The van der Waals surface area contributed by atoms with Crippen molar-refractivity contribution in [3.63, 3.8) is 0 Å². The van der Waals surface area contributed by atoms with Crippen LogP contribution in [0.5, 0.6) is 0 Å². The summed E-state index contributed by atoms with van der Waals surface area (Å²) in [6, 6.07) is 7.09. The third kappa shape index (κ3) is 5.05. The maximum atomic E-state index is 11.1. The first-order chi connectivity index (χ1) is 8.26. The van der Waals surface area contributed by atoms with Crippen LogP contribution in [0.2, 0.25) is 0 Å². The molecule has 0 heterocycles. The molecule has 4 nitrogen and oxygen atoms in total. The molecule has 2 N–H and O–H groups in total. The van der Waals surface area contributed by atoms with E-state index in [-0.39, 0.29) is 6.61 Å². The summed E-state index contributed by atoms with van der Waals surface area (Å²) in [4.78, 5) is 11.1. The van der Waals surface area contributed by atoms with Gasteiger partial charge in [-0.2, -0.15) is 0 Å². The Morgan fingerprint density at radius 2 is 2.12 bits per heavy atom. The number of nitrogens with one attached hydrogen (secondary N) is 1. The Balaban J connectivity index is 2.56. The Hall–Kier alpha value is -1.99. The number of benzene rings is 1. The molecule has 0 atom stereocenters. The molecule has 1 aromatic rings. The van der Waals surface area contributed by atoms with Crippen molar-refractivity contribution in [3.05, 3.63) is 29.8 Å². The fraction of sp³-hybridized carbons (Fsp3) is 0.308. The molecule has 0 aliphatic carbocycles. The number of aliphatic hydroxyl groups is 1. The van der Waals surface area contributed by atoms with Gasteiger partial charge in [0.25, 0.3) is 0 Å². The third-order valence-corrected chi connectivity index (χ3v) is 1.88. The van der Waals surface area contributed by atoms with Crippen LogP contribution in [0.4, 0.5) is 10.5 Å². The molecule has 0 fully saturated rings. The molecular formula is C13H15NO3. The second-order valence-electron chi connectivity index (χ2n) is 3.20. The van der Waals surface area contributed by atoms with Crippen LogP contribution < -0.4 is 5.32 Å². The quantitative estimate of drug-likeness (QED) is 0.785. The zero-order chi connectivity index (χ0) is 12.5. The van der Waals surface area contributed by atoms with Crippen LogP contribution in [0.15, 0.2) is 24.3 Å². The van der Waals surface area contributed by atoms with Crippen LogP contribution in [-0.2, 0) is 4.74 Å². The highest BCUT2D eigenvalue weighted by atomic mass is 16.5. The average molecular weight is 233 g/mol.